The Morgan fingerprint density at radius 3 is 2.40 bits per heavy atom. The maximum absolute atomic E-state index is 13.5. The maximum atomic E-state index is 13.5. The number of benzene rings is 2. The molecule has 0 bridgehead atoms. The van der Waals surface area contributed by atoms with Crippen LogP contribution in [0.3, 0.4) is 0 Å². The fourth-order valence-corrected chi connectivity index (χ4v) is 3.40. The first kappa shape index (κ1) is 18.1. The number of halogens is 1. The molecule has 1 heterocycles. The van der Waals surface area contributed by atoms with Gasteiger partial charge in [-0.25, -0.2) is 4.39 Å². The average Bonchev–Trinajstić information content (AvgIpc) is 2.59. The van der Waals surface area contributed by atoms with Crippen molar-refractivity contribution < 1.29 is 14.2 Å². The van der Waals surface area contributed by atoms with E-state index in [1.807, 2.05) is 30.3 Å². The van der Waals surface area contributed by atoms with E-state index in [9.17, 15) is 9.50 Å². The summed E-state index contributed by atoms with van der Waals surface area (Å²) in [7, 11) is 0. The van der Waals surface area contributed by atoms with Crippen LogP contribution >= 0.6 is 0 Å². The van der Waals surface area contributed by atoms with Crippen LogP contribution in [0.15, 0.2) is 48.5 Å². The minimum atomic E-state index is -0.720. The van der Waals surface area contributed by atoms with E-state index < -0.39 is 5.60 Å². The van der Waals surface area contributed by atoms with Gasteiger partial charge in [-0.3, -0.25) is 4.90 Å². The van der Waals surface area contributed by atoms with E-state index in [2.05, 4.69) is 17.0 Å². The quantitative estimate of drug-likeness (QED) is 0.868. The molecule has 0 radical (unpaired) electrons. The molecule has 0 spiro atoms. The van der Waals surface area contributed by atoms with Gasteiger partial charge in [0.1, 0.15) is 5.82 Å². The Morgan fingerprint density at radius 1 is 1.04 bits per heavy atom. The third-order valence-corrected chi connectivity index (χ3v) is 4.82. The van der Waals surface area contributed by atoms with Crippen molar-refractivity contribution in [3.8, 4) is 0 Å². The molecule has 1 fully saturated rings. The van der Waals surface area contributed by atoms with Crippen molar-refractivity contribution in [2.45, 2.75) is 38.5 Å². The minimum Gasteiger partial charge on any atom is -0.388 e. The van der Waals surface area contributed by atoms with Gasteiger partial charge in [-0.1, -0.05) is 42.5 Å². The molecule has 1 saturated heterocycles. The topological polar surface area (TPSA) is 32.7 Å². The number of nitrogens with zero attached hydrogens (tertiary/aromatic N) is 1. The summed E-state index contributed by atoms with van der Waals surface area (Å²) in [5, 5.41) is 10.9. The molecule has 134 valence electrons. The Balaban J connectivity index is 1.76. The molecule has 2 aromatic carbocycles. The first-order valence-electron chi connectivity index (χ1n) is 8.86. The Hall–Kier alpha value is -1.75. The largest absolute Gasteiger partial charge is 0.388 e. The molecule has 2 aromatic rings. The molecule has 0 aliphatic carbocycles. The van der Waals surface area contributed by atoms with Gasteiger partial charge < -0.3 is 9.84 Å². The Morgan fingerprint density at radius 2 is 1.72 bits per heavy atom. The van der Waals surface area contributed by atoms with E-state index in [0.717, 1.165) is 12.1 Å². The Bertz CT molecular complexity index is 684. The maximum Gasteiger partial charge on any atom is 0.126 e. The summed E-state index contributed by atoms with van der Waals surface area (Å²) in [4.78, 5) is 2.24. The van der Waals surface area contributed by atoms with Crippen molar-refractivity contribution in [1.29, 1.82) is 0 Å². The van der Waals surface area contributed by atoms with Gasteiger partial charge in [0.15, 0.2) is 0 Å². The summed E-state index contributed by atoms with van der Waals surface area (Å²) >= 11 is 0. The molecule has 0 saturated carbocycles. The zero-order chi connectivity index (χ0) is 17.7. The third kappa shape index (κ3) is 5.11. The van der Waals surface area contributed by atoms with Crippen molar-refractivity contribution in [3.63, 3.8) is 0 Å². The molecule has 1 N–H and O–H groups in total. The van der Waals surface area contributed by atoms with Crippen molar-refractivity contribution in [3.05, 3.63) is 71.0 Å². The van der Waals surface area contributed by atoms with E-state index in [4.69, 9.17) is 4.74 Å². The summed E-state index contributed by atoms with van der Waals surface area (Å²) in [6.45, 7) is 5.00. The highest BCUT2D eigenvalue weighted by molar-refractivity contribution is 5.24. The first-order valence-corrected chi connectivity index (χ1v) is 8.86. The van der Waals surface area contributed by atoms with Gasteiger partial charge in [-0.05, 0) is 29.7 Å². The zero-order valence-electron chi connectivity index (χ0n) is 14.7. The number of hydrogen-bond donors (Lipinski definition) is 1. The lowest BCUT2D eigenvalue weighted by Gasteiger charge is -2.37. The fourth-order valence-electron chi connectivity index (χ4n) is 3.40. The lowest BCUT2D eigenvalue weighted by atomic mass is 9.93. The van der Waals surface area contributed by atoms with Crippen LogP contribution in [0, 0.1) is 12.7 Å². The van der Waals surface area contributed by atoms with Gasteiger partial charge in [-0.15, -0.1) is 0 Å². The Kier molecular flexibility index (Phi) is 5.84. The smallest absolute Gasteiger partial charge is 0.126 e. The fraction of sp³-hybridized carbons (Fsp3) is 0.429. The highest BCUT2D eigenvalue weighted by atomic mass is 19.1. The SMILES string of the molecule is Cc1cc(CN(Cc2ccccc2)CC2(O)CCOCC2)ccc1F. The highest BCUT2D eigenvalue weighted by Gasteiger charge is 2.32. The molecule has 1 aliphatic rings. The summed E-state index contributed by atoms with van der Waals surface area (Å²) in [5.74, 6) is -0.179. The van der Waals surface area contributed by atoms with E-state index >= 15 is 0 Å². The molecule has 0 amide bonds. The number of aryl methyl sites for hydroxylation is 1. The minimum absolute atomic E-state index is 0.179. The van der Waals surface area contributed by atoms with Crippen LogP contribution < -0.4 is 0 Å². The normalized spacial score (nSPS) is 17.0. The molecule has 3 rings (SSSR count). The van der Waals surface area contributed by atoms with Crippen LogP contribution in [-0.4, -0.2) is 35.4 Å². The van der Waals surface area contributed by atoms with E-state index in [-0.39, 0.29) is 5.82 Å². The van der Waals surface area contributed by atoms with Crippen molar-refractivity contribution in [1.82, 2.24) is 4.90 Å². The molecular formula is C21H26FNO2. The zero-order valence-corrected chi connectivity index (χ0v) is 14.7. The van der Waals surface area contributed by atoms with Crippen LogP contribution in [-0.2, 0) is 17.8 Å². The van der Waals surface area contributed by atoms with E-state index in [1.54, 1.807) is 6.92 Å². The van der Waals surface area contributed by atoms with E-state index in [1.165, 1.54) is 11.6 Å². The molecule has 4 heteroatoms. The van der Waals surface area contributed by atoms with Crippen LogP contribution in [0.2, 0.25) is 0 Å². The number of rotatable bonds is 6. The van der Waals surface area contributed by atoms with Crippen LogP contribution in [0.4, 0.5) is 4.39 Å². The molecule has 0 unspecified atom stereocenters. The number of hydrogen-bond acceptors (Lipinski definition) is 3. The number of aliphatic hydroxyl groups is 1. The second-order valence-corrected chi connectivity index (χ2v) is 7.05. The molecule has 0 aromatic heterocycles. The molecule has 0 atom stereocenters. The average molecular weight is 343 g/mol. The lowest BCUT2D eigenvalue weighted by molar-refractivity contribution is -0.0821. The van der Waals surface area contributed by atoms with Gasteiger partial charge in [0, 0.05) is 45.7 Å². The molecule has 25 heavy (non-hydrogen) atoms. The van der Waals surface area contributed by atoms with Crippen molar-refractivity contribution in [2.24, 2.45) is 0 Å². The summed E-state index contributed by atoms with van der Waals surface area (Å²) in [6.07, 6.45) is 1.31. The van der Waals surface area contributed by atoms with Crippen LogP contribution in [0.5, 0.6) is 0 Å². The summed E-state index contributed by atoms with van der Waals surface area (Å²) in [6, 6.07) is 15.5. The second-order valence-electron chi connectivity index (χ2n) is 7.05. The number of ether oxygens (including phenoxy) is 1. The summed E-state index contributed by atoms with van der Waals surface area (Å²) < 4.78 is 18.9. The van der Waals surface area contributed by atoms with Crippen LogP contribution in [0.1, 0.15) is 29.5 Å². The lowest BCUT2D eigenvalue weighted by Crippen LogP contribution is -2.46. The van der Waals surface area contributed by atoms with Gasteiger partial charge in [-0.2, -0.15) is 0 Å². The van der Waals surface area contributed by atoms with Gasteiger partial charge >= 0.3 is 0 Å². The summed E-state index contributed by atoms with van der Waals surface area (Å²) in [5.41, 5.74) is 2.20. The van der Waals surface area contributed by atoms with E-state index in [0.29, 0.717) is 44.7 Å². The molecule has 1 aliphatic heterocycles. The highest BCUT2D eigenvalue weighted by Crippen LogP contribution is 2.24. The monoisotopic (exact) mass is 343 g/mol. The van der Waals surface area contributed by atoms with Crippen molar-refractivity contribution >= 4 is 0 Å². The first-order chi connectivity index (χ1) is 12.0. The predicted octanol–water partition coefficient (Wildman–Crippen LogP) is 3.68. The van der Waals surface area contributed by atoms with Crippen molar-refractivity contribution in [2.75, 3.05) is 19.8 Å². The van der Waals surface area contributed by atoms with Gasteiger partial charge in [0.05, 0.1) is 5.60 Å². The third-order valence-electron chi connectivity index (χ3n) is 4.82. The molecule has 3 nitrogen and oxygen atoms in total. The predicted molar refractivity (Wildman–Crippen MR) is 96.7 cm³/mol. The molecular weight excluding hydrogens is 317 g/mol. The van der Waals surface area contributed by atoms with Gasteiger partial charge in [0.2, 0.25) is 0 Å². The standard InChI is InChI=1S/C21H26FNO2/c1-17-13-19(7-8-20(17)22)15-23(14-18-5-3-2-4-6-18)16-21(24)9-11-25-12-10-21/h2-8,13,24H,9-12,14-16H2,1H3. The van der Waals surface area contributed by atoms with Crippen LogP contribution in [0.25, 0.3) is 0 Å². The van der Waals surface area contributed by atoms with Gasteiger partial charge in [0.25, 0.3) is 0 Å². The second kappa shape index (κ2) is 8.09. The Labute approximate surface area is 149 Å².